The topological polar surface area (TPSA) is 12.0 Å². The normalized spacial score (nSPS) is 12.8. The molecule has 0 heterocycles. The fraction of sp³-hybridized carbons (Fsp3) is 0.500. The Morgan fingerprint density at radius 1 is 1.37 bits per heavy atom. The SMILES string of the molecule is C/C(=C/CCNC(C)(C)C)Cc1cccc(Cl)c1F. The predicted octanol–water partition coefficient (Wildman–Crippen LogP) is 4.75. The predicted molar refractivity (Wildman–Crippen MR) is 81.2 cm³/mol. The van der Waals surface area contributed by atoms with Gasteiger partial charge in [0.1, 0.15) is 5.82 Å². The van der Waals surface area contributed by atoms with E-state index in [1.807, 2.05) is 6.92 Å². The van der Waals surface area contributed by atoms with Gasteiger partial charge in [-0.25, -0.2) is 4.39 Å². The molecule has 0 bridgehead atoms. The van der Waals surface area contributed by atoms with Crippen molar-refractivity contribution in [1.29, 1.82) is 0 Å². The maximum Gasteiger partial charge on any atom is 0.145 e. The van der Waals surface area contributed by atoms with Gasteiger partial charge in [-0.3, -0.25) is 0 Å². The molecular formula is C16H23ClFN. The number of nitrogens with one attached hydrogen (secondary N) is 1. The number of hydrogen-bond acceptors (Lipinski definition) is 1. The van der Waals surface area contributed by atoms with Gasteiger partial charge < -0.3 is 5.32 Å². The van der Waals surface area contributed by atoms with Crippen LogP contribution in [0, 0.1) is 5.82 Å². The third kappa shape index (κ3) is 6.22. The van der Waals surface area contributed by atoms with E-state index in [0.717, 1.165) is 18.5 Å². The highest BCUT2D eigenvalue weighted by Crippen LogP contribution is 2.20. The Balaban J connectivity index is 2.50. The van der Waals surface area contributed by atoms with E-state index in [-0.39, 0.29) is 16.4 Å². The zero-order valence-corrected chi connectivity index (χ0v) is 12.9. The lowest BCUT2D eigenvalue weighted by molar-refractivity contribution is 0.431. The Kier molecular flexibility index (Phi) is 6.02. The zero-order valence-electron chi connectivity index (χ0n) is 12.2. The van der Waals surface area contributed by atoms with Crippen molar-refractivity contribution in [3.63, 3.8) is 0 Å². The summed E-state index contributed by atoms with van der Waals surface area (Å²) in [4.78, 5) is 0. The van der Waals surface area contributed by atoms with E-state index < -0.39 is 0 Å². The molecule has 1 nitrogen and oxygen atoms in total. The Bertz CT molecular complexity index is 447. The molecule has 0 radical (unpaired) electrons. The van der Waals surface area contributed by atoms with Crippen LogP contribution in [0.2, 0.25) is 5.02 Å². The second-order valence-corrected chi connectivity index (χ2v) is 6.31. The minimum absolute atomic E-state index is 0.140. The molecule has 0 spiro atoms. The van der Waals surface area contributed by atoms with Crippen LogP contribution in [0.3, 0.4) is 0 Å². The van der Waals surface area contributed by atoms with Gasteiger partial charge in [-0.05, 0) is 58.7 Å². The molecule has 0 unspecified atom stereocenters. The molecule has 1 aromatic carbocycles. The Morgan fingerprint density at radius 3 is 2.68 bits per heavy atom. The number of hydrogen-bond donors (Lipinski definition) is 1. The molecule has 1 rings (SSSR count). The molecule has 0 fully saturated rings. The van der Waals surface area contributed by atoms with E-state index in [4.69, 9.17) is 11.6 Å². The second kappa shape index (κ2) is 7.06. The lowest BCUT2D eigenvalue weighted by atomic mass is 10.0. The summed E-state index contributed by atoms with van der Waals surface area (Å²) in [5, 5.41) is 3.62. The van der Waals surface area contributed by atoms with E-state index in [9.17, 15) is 4.39 Å². The zero-order chi connectivity index (χ0) is 14.5. The minimum atomic E-state index is -0.301. The van der Waals surface area contributed by atoms with Gasteiger partial charge in [-0.1, -0.05) is 35.4 Å². The third-order valence-corrected chi connectivity index (χ3v) is 3.09. The molecule has 3 heteroatoms. The molecule has 0 saturated carbocycles. The van der Waals surface area contributed by atoms with Crippen molar-refractivity contribution in [1.82, 2.24) is 5.32 Å². The quantitative estimate of drug-likeness (QED) is 0.608. The van der Waals surface area contributed by atoms with Crippen LogP contribution >= 0.6 is 11.6 Å². The number of rotatable bonds is 5. The highest BCUT2D eigenvalue weighted by Gasteiger charge is 2.08. The van der Waals surface area contributed by atoms with Gasteiger partial charge in [0.05, 0.1) is 5.02 Å². The number of halogens is 2. The molecular weight excluding hydrogens is 261 g/mol. The van der Waals surface area contributed by atoms with E-state index in [2.05, 4.69) is 32.2 Å². The summed E-state index contributed by atoms with van der Waals surface area (Å²) in [5.41, 5.74) is 1.96. The van der Waals surface area contributed by atoms with Crippen LogP contribution in [0.15, 0.2) is 29.8 Å². The first-order valence-electron chi connectivity index (χ1n) is 6.63. The van der Waals surface area contributed by atoms with Crippen LogP contribution < -0.4 is 5.32 Å². The summed E-state index contributed by atoms with van der Waals surface area (Å²) in [5.74, 6) is -0.301. The molecule has 0 aliphatic rings. The lowest BCUT2D eigenvalue weighted by Gasteiger charge is -2.19. The Morgan fingerprint density at radius 2 is 2.05 bits per heavy atom. The average molecular weight is 284 g/mol. The fourth-order valence-electron chi connectivity index (χ4n) is 1.82. The second-order valence-electron chi connectivity index (χ2n) is 5.91. The van der Waals surface area contributed by atoms with Gasteiger partial charge in [0.15, 0.2) is 0 Å². The smallest absolute Gasteiger partial charge is 0.145 e. The lowest BCUT2D eigenvalue weighted by Crippen LogP contribution is -2.36. The molecule has 0 amide bonds. The minimum Gasteiger partial charge on any atom is -0.312 e. The van der Waals surface area contributed by atoms with Crippen LogP contribution in [0.4, 0.5) is 4.39 Å². The maximum atomic E-state index is 13.7. The van der Waals surface area contributed by atoms with Gasteiger partial charge in [-0.2, -0.15) is 0 Å². The first-order valence-corrected chi connectivity index (χ1v) is 7.01. The monoisotopic (exact) mass is 283 g/mol. The van der Waals surface area contributed by atoms with Crippen molar-refractivity contribution in [3.8, 4) is 0 Å². The summed E-state index contributed by atoms with van der Waals surface area (Å²) in [6.07, 6.45) is 3.71. The van der Waals surface area contributed by atoms with Gasteiger partial charge in [-0.15, -0.1) is 0 Å². The van der Waals surface area contributed by atoms with Crippen LogP contribution in [0.5, 0.6) is 0 Å². The Labute approximate surface area is 120 Å². The van der Waals surface area contributed by atoms with Crippen molar-refractivity contribution in [2.24, 2.45) is 0 Å². The van der Waals surface area contributed by atoms with Crippen molar-refractivity contribution in [2.45, 2.75) is 46.1 Å². The van der Waals surface area contributed by atoms with Crippen molar-refractivity contribution in [3.05, 3.63) is 46.3 Å². The molecule has 0 atom stereocenters. The van der Waals surface area contributed by atoms with Crippen LogP contribution in [0.1, 0.15) is 39.7 Å². The molecule has 1 N–H and O–H groups in total. The summed E-state index contributed by atoms with van der Waals surface area (Å²) in [6.45, 7) is 9.39. The molecule has 0 aliphatic heterocycles. The molecule has 106 valence electrons. The van der Waals surface area contributed by atoms with Gasteiger partial charge >= 0.3 is 0 Å². The van der Waals surface area contributed by atoms with Crippen LogP contribution in [-0.2, 0) is 6.42 Å². The molecule has 0 aliphatic carbocycles. The van der Waals surface area contributed by atoms with E-state index in [0.29, 0.717) is 12.0 Å². The molecule has 0 aromatic heterocycles. The molecule has 19 heavy (non-hydrogen) atoms. The van der Waals surface area contributed by atoms with E-state index in [1.54, 1.807) is 18.2 Å². The molecule has 0 saturated heterocycles. The largest absolute Gasteiger partial charge is 0.312 e. The van der Waals surface area contributed by atoms with Crippen molar-refractivity contribution in [2.75, 3.05) is 6.54 Å². The van der Waals surface area contributed by atoms with Gasteiger partial charge in [0.25, 0.3) is 0 Å². The first kappa shape index (κ1) is 16.2. The Hall–Kier alpha value is -0.860. The van der Waals surface area contributed by atoms with Crippen molar-refractivity contribution < 1.29 is 4.39 Å². The fourth-order valence-corrected chi connectivity index (χ4v) is 2.02. The molecule has 1 aromatic rings. The maximum absolute atomic E-state index is 13.7. The van der Waals surface area contributed by atoms with Crippen molar-refractivity contribution >= 4 is 11.6 Å². The van der Waals surface area contributed by atoms with Gasteiger partial charge in [0.2, 0.25) is 0 Å². The van der Waals surface area contributed by atoms with Gasteiger partial charge in [0, 0.05) is 5.54 Å². The van der Waals surface area contributed by atoms with Crippen LogP contribution in [-0.4, -0.2) is 12.1 Å². The number of benzene rings is 1. The highest BCUT2D eigenvalue weighted by molar-refractivity contribution is 6.30. The summed E-state index contributed by atoms with van der Waals surface area (Å²) >= 11 is 5.77. The highest BCUT2D eigenvalue weighted by atomic mass is 35.5. The van der Waals surface area contributed by atoms with E-state index >= 15 is 0 Å². The average Bonchev–Trinajstić information content (AvgIpc) is 2.29. The summed E-state index contributed by atoms with van der Waals surface area (Å²) < 4.78 is 13.7. The number of allylic oxidation sites excluding steroid dienone is 1. The summed E-state index contributed by atoms with van der Waals surface area (Å²) in [6, 6.07) is 5.15. The van der Waals surface area contributed by atoms with Crippen LogP contribution in [0.25, 0.3) is 0 Å². The summed E-state index contributed by atoms with van der Waals surface area (Å²) in [7, 11) is 0. The first-order chi connectivity index (χ1) is 8.79. The third-order valence-electron chi connectivity index (χ3n) is 2.79. The standard InChI is InChI=1S/C16H23ClFN/c1-12(7-6-10-19-16(2,3)4)11-13-8-5-9-14(17)15(13)18/h5,7-9,19H,6,10-11H2,1-4H3/b12-7-. The van der Waals surface area contributed by atoms with E-state index in [1.165, 1.54) is 0 Å².